The van der Waals surface area contributed by atoms with Crippen molar-refractivity contribution < 1.29 is 4.79 Å². The second kappa shape index (κ2) is 6.03. The van der Waals surface area contributed by atoms with E-state index in [-0.39, 0.29) is 0 Å². The number of hydrogen-bond donors (Lipinski definition) is 2. The van der Waals surface area contributed by atoms with Crippen molar-refractivity contribution in [1.82, 2.24) is 0 Å². The van der Waals surface area contributed by atoms with E-state index in [4.69, 9.17) is 0 Å². The molecule has 1 aromatic carbocycles. The molecule has 11 heavy (non-hydrogen) atoms. The predicted molar refractivity (Wildman–Crippen MR) is 47.9 cm³/mol. The van der Waals surface area contributed by atoms with E-state index in [1.54, 1.807) is 12.1 Å². The fourth-order valence-corrected chi connectivity index (χ4v) is 0.997. The third-order valence-electron chi connectivity index (χ3n) is 0.985. The molecule has 0 bridgehead atoms. The van der Waals surface area contributed by atoms with Crippen molar-refractivity contribution in [2.45, 2.75) is 0 Å². The molecule has 1 aromatic rings. The van der Waals surface area contributed by atoms with Crippen molar-refractivity contribution in [3.05, 3.63) is 34.3 Å². The number of halogens is 1. The molecule has 0 aliphatic heterocycles. The summed E-state index contributed by atoms with van der Waals surface area (Å²) in [7, 11) is 0. The van der Waals surface area contributed by atoms with Crippen LogP contribution in [0.25, 0.3) is 0 Å². The standard InChI is InChI=1S/C7H5BrO.H4N2/c8-7-3-1-2-6(4-7)5-9;1-2/h1-5H;1-2H2. The maximum Gasteiger partial charge on any atom is 0.150 e. The Hall–Kier alpha value is -0.710. The number of carbonyl (C=O) groups excluding carboxylic acids is 1. The minimum absolute atomic E-state index is 0.698. The van der Waals surface area contributed by atoms with Crippen LogP contribution in [0.5, 0.6) is 0 Å². The average Bonchev–Trinajstić information content (AvgIpc) is 2.08. The molecule has 4 heteroatoms. The highest BCUT2D eigenvalue weighted by Crippen LogP contribution is 2.09. The number of hydrogen-bond acceptors (Lipinski definition) is 3. The number of nitrogens with two attached hydrogens (primary N) is 2. The summed E-state index contributed by atoms with van der Waals surface area (Å²) in [6.07, 6.45) is 0.824. The highest BCUT2D eigenvalue weighted by molar-refractivity contribution is 9.10. The van der Waals surface area contributed by atoms with Crippen LogP contribution in [0.15, 0.2) is 28.7 Å². The highest BCUT2D eigenvalue weighted by atomic mass is 79.9. The Bertz CT molecular complexity index is 227. The Labute approximate surface area is 73.5 Å². The summed E-state index contributed by atoms with van der Waals surface area (Å²) in [5.41, 5.74) is 0.698. The van der Waals surface area contributed by atoms with Gasteiger partial charge in [0, 0.05) is 10.0 Å². The lowest BCUT2D eigenvalue weighted by molar-refractivity contribution is 0.112. The largest absolute Gasteiger partial charge is 0.298 e. The number of carbonyl (C=O) groups is 1. The second-order valence-corrected chi connectivity index (χ2v) is 2.59. The van der Waals surface area contributed by atoms with Gasteiger partial charge in [0.05, 0.1) is 0 Å². The van der Waals surface area contributed by atoms with Crippen LogP contribution in [0.3, 0.4) is 0 Å². The zero-order valence-electron chi connectivity index (χ0n) is 5.83. The summed E-state index contributed by atoms with van der Waals surface area (Å²) in [4.78, 5) is 10.1. The SMILES string of the molecule is NN.O=Cc1cccc(Br)c1. The quantitative estimate of drug-likeness (QED) is 0.420. The first kappa shape index (κ1) is 10.3. The van der Waals surface area contributed by atoms with Crippen LogP contribution in [0.2, 0.25) is 0 Å². The van der Waals surface area contributed by atoms with Crippen molar-refractivity contribution in [2.24, 2.45) is 11.7 Å². The van der Waals surface area contributed by atoms with Crippen LogP contribution < -0.4 is 11.7 Å². The molecular formula is C7H9BrN2O. The lowest BCUT2D eigenvalue weighted by Gasteiger charge is -1.88. The minimum Gasteiger partial charge on any atom is -0.298 e. The van der Waals surface area contributed by atoms with Gasteiger partial charge in [-0.2, -0.15) is 0 Å². The molecule has 0 aromatic heterocycles. The van der Waals surface area contributed by atoms with Gasteiger partial charge in [0.15, 0.2) is 0 Å². The summed E-state index contributed by atoms with van der Waals surface area (Å²) in [6, 6.07) is 7.24. The molecule has 60 valence electrons. The predicted octanol–water partition coefficient (Wildman–Crippen LogP) is 1.08. The summed E-state index contributed by atoms with van der Waals surface area (Å²) >= 11 is 3.24. The summed E-state index contributed by atoms with van der Waals surface area (Å²) < 4.78 is 0.937. The van der Waals surface area contributed by atoms with Gasteiger partial charge in [-0.05, 0) is 12.1 Å². The smallest absolute Gasteiger partial charge is 0.150 e. The van der Waals surface area contributed by atoms with Crippen LogP contribution in [-0.2, 0) is 0 Å². The maximum absolute atomic E-state index is 10.1. The fourth-order valence-electron chi connectivity index (χ4n) is 0.580. The van der Waals surface area contributed by atoms with Crippen molar-refractivity contribution in [2.75, 3.05) is 0 Å². The Morgan fingerprint density at radius 2 is 2.00 bits per heavy atom. The molecule has 4 N–H and O–H groups in total. The van der Waals surface area contributed by atoms with Gasteiger partial charge < -0.3 is 0 Å². The van der Waals surface area contributed by atoms with E-state index in [1.807, 2.05) is 12.1 Å². The Balaban J connectivity index is 0.000000461. The average molecular weight is 217 g/mol. The molecule has 0 spiro atoms. The van der Waals surface area contributed by atoms with Crippen molar-refractivity contribution in [3.8, 4) is 0 Å². The van der Waals surface area contributed by atoms with Gasteiger partial charge in [0.25, 0.3) is 0 Å². The Morgan fingerprint density at radius 3 is 2.36 bits per heavy atom. The Morgan fingerprint density at radius 1 is 1.36 bits per heavy atom. The van der Waals surface area contributed by atoms with E-state index >= 15 is 0 Å². The molecule has 0 saturated carbocycles. The third kappa shape index (κ3) is 3.87. The van der Waals surface area contributed by atoms with Gasteiger partial charge in [-0.1, -0.05) is 28.1 Å². The second-order valence-electron chi connectivity index (χ2n) is 1.67. The first-order valence-corrected chi connectivity index (χ1v) is 3.66. The molecule has 0 unspecified atom stereocenters. The normalized spacial score (nSPS) is 7.91. The zero-order valence-corrected chi connectivity index (χ0v) is 7.41. The molecule has 0 heterocycles. The van der Waals surface area contributed by atoms with E-state index in [2.05, 4.69) is 27.6 Å². The first-order valence-electron chi connectivity index (χ1n) is 2.87. The lowest BCUT2D eigenvalue weighted by Crippen LogP contribution is -2.02. The van der Waals surface area contributed by atoms with Crippen LogP contribution in [0.4, 0.5) is 0 Å². The van der Waals surface area contributed by atoms with E-state index in [1.165, 1.54) is 0 Å². The molecule has 0 aliphatic carbocycles. The van der Waals surface area contributed by atoms with Crippen LogP contribution in [0, 0.1) is 0 Å². The third-order valence-corrected chi connectivity index (χ3v) is 1.48. The Kier molecular flexibility index (Phi) is 5.64. The van der Waals surface area contributed by atoms with E-state index in [0.717, 1.165) is 10.8 Å². The first-order chi connectivity index (χ1) is 5.33. The number of benzene rings is 1. The van der Waals surface area contributed by atoms with Gasteiger partial charge in [0.1, 0.15) is 6.29 Å². The summed E-state index contributed by atoms with van der Waals surface area (Å²) in [5, 5.41) is 0. The van der Waals surface area contributed by atoms with Crippen LogP contribution in [-0.4, -0.2) is 6.29 Å². The van der Waals surface area contributed by atoms with Gasteiger partial charge in [-0.25, -0.2) is 0 Å². The zero-order chi connectivity index (χ0) is 8.69. The molecule has 0 fully saturated rings. The molecule has 0 radical (unpaired) electrons. The molecule has 0 aliphatic rings. The summed E-state index contributed by atoms with van der Waals surface area (Å²) in [5.74, 6) is 8.00. The van der Waals surface area contributed by atoms with Crippen molar-refractivity contribution in [3.63, 3.8) is 0 Å². The number of aldehydes is 1. The molecule has 1 rings (SSSR count). The highest BCUT2D eigenvalue weighted by Gasteiger charge is 1.87. The number of hydrazine groups is 1. The van der Waals surface area contributed by atoms with Gasteiger partial charge in [-0.3, -0.25) is 16.5 Å². The molecule has 0 atom stereocenters. The molecule has 0 saturated heterocycles. The molecule has 3 nitrogen and oxygen atoms in total. The monoisotopic (exact) mass is 216 g/mol. The lowest BCUT2D eigenvalue weighted by atomic mass is 10.2. The van der Waals surface area contributed by atoms with Gasteiger partial charge in [-0.15, -0.1) is 0 Å². The van der Waals surface area contributed by atoms with Gasteiger partial charge >= 0.3 is 0 Å². The van der Waals surface area contributed by atoms with Crippen LogP contribution in [0.1, 0.15) is 10.4 Å². The fraction of sp³-hybridized carbons (Fsp3) is 0. The van der Waals surface area contributed by atoms with Crippen molar-refractivity contribution in [1.29, 1.82) is 0 Å². The van der Waals surface area contributed by atoms with E-state index < -0.39 is 0 Å². The molecule has 0 amide bonds. The maximum atomic E-state index is 10.1. The summed E-state index contributed by atoms with van der Waals surface area (Å²) in [6.45, 7) is 0. The van der Waals surface area contributed by atoms with Crippen molar-refractivity contribution >= 4 is 22.2 Å². The van der Waals surface area contributed by atoms with Gasteiger partial charge in [0.2, 0.25) is 0 Å². The van der Waals surface area contributed by atoms with E-state index in [9.17, 15) is 4.79 Å². The minimum atomic E-state index is 0.698. The molecular weight excluding hydrogens is 208 g/mol. The van der Waals surface area contributed by atoms with Crippen LogP contribution >= 0.6 is 15.9 Å². The number of rotatable bonds is 1. The van der Waals surface area contributed by atoms with E-state index in [0.29, 0.717) is 5.56 Å². The topological polar surface area (TPSA) is 69.1 Å².